The molecule has 1 aliphatic carbocycles. The first-order valence-corrected chi connectivity index (χ1v) is 13.4. The monoisotopic (exact) mass is 545 g/mol. The zero-order valence-electron chi connectivity index (χ0n) is 21.5. The van der Waals surface area contributed by atoms with Crippen LogP contribution in [0.3, 0.4) is 0 Å². The lowest BCUT2D eigenvalue weighted by atomic mass is 9.86. The van der Waals surface area contributed by atoms with Crippen LogP contribution in [-0.4, -0.2) is 64.1 Å². The summed E-state index contributed by atoms with van der Waals surface area (Å²) in [6, 6.07) is 2.83. The number of aryl methyl sites for hydroxylation is 1. The van der Waals surface area contributed by atoms with Crippen LogP contribution in [0.15, 0.2) is 22.9 Å². The first kappa shape index (κ1) is 25.8. The van der Waals surface area contributed by atoms with Crippen LogP contribution in [0.5, 0.6) is 0 Å². The van der Waals surface area contributed by atoms with Crippen LogP contribution in [0.1, 0.15) is 72.0 Å². The van der Waals surface area contributed by atoms with E-state index in [9.17, 15) is 18.4 Å². The predicted molar refractivity (Wildman–Crippen MR) is 133 cm³/mol. The van der Waals surface area contributed by atoms with Crippen molar-refractivity contribution >= 4 is 22.8 Å². The van der Waals surface area contributed by atoms with Crippen molar-refractivity contribution in [1.82, 2.24) is 25.3 Å². The second-order valence-electron chi connectivity index (χ2n) is 10.8. The first-order valence-electron chi connectivity index (χ1n) is 13.4. The quantitative estimate of drug-likeness (QED) is 0.462. The molecule has 0 bridgehead atoms. The molecule has 0 spiro atoms. The number of fused-ring (bicyclic) bond motifs is 1. The number of alkyl halides is 2. The number of nitrogens with zero attached hydrogens (tertiary/aromatic N) is 3. The van der Waals surface area contributed by atoms with Gasteiger partial charge in [-0.05, 0) is 36.8 Å². The molecule has 9 nitrogen and oxygen atoms in total. The minimum atomic E-state index is -2.88. The van der Waals surface area contributed by atoms with Crippen LogP contribution >= 0.6 is 0 Å². The Hall–Kier alpha value is -3.41. The predicted octanol–water partition coefficient (Wildman–Crippen LogP) is 4.12. The number of carbonyl (C=O) groups is 2. The molecular weight excluding hydrogens is 515 g/mol. The Bertz CT molecular complexity index is 1390. The fraction of sp³-hybridized carbons (Fsp3) is 0.556. The second-order valence-corrected chi connectivity index (χ2v) is 10.8. The molecule has 3 atom stereocenters. The molecule has 0 unspecified atom stereocenters. The molecule has 4 heterocycles. The average molecular weight is 546 g/mol. The highest BCUT2D eigenvalue weighted by Crippen LogP contribution is 2.40. The number of aromatic nitrogens is 3. The van der Waals surface area contributed by atoms with E-state index in [1.165, 1.54) is 6.26 Å². The number of ether oxygens (including phenoxy) is 1. The molecule has 39 heavy (non-hydrogen) atoms. The SMILES string of the molecule is CCc1nocc1C(=O)N[C@H](c1nc2c(F)c([C@H]3COC[C@H]3C(=O)N3CC(F)(F)C3)ccc2[nH]1)C1CCCC1. The molecule has 2 aromatic heterocycles. The van der Waals surface area contributed by atoms with Crippen molar-refractivity contribution in [1.29, 1.82) is 0 Å². The number of nitrogens with one attached hydrogen (secondary N) is 2. The number of aromatic amines is 1. The van der Waals surface area contributed by atoms with Crippen LogP contribution in [0.2, 0.25) is 0 Å². The van der Waals surface area contributed by atoms with Gasteiger partial charge >= 0.3 is 0 Å². The van der Waals surface area contributed by atoms with Crippen molar-refractivity contribution in [2.75, 3.05) is 26.3 Å². The van der Waals surface area contributed by atoms with Crippen molar-refractivity contribution in [3.63, 3.8) is 0 Å². The van der Waals surface area contributed by atoms with E-state index in [2.05, 4.69) is 20.4 Å². The number of rotatable bonds is 7. The Morgan fingerprint density at radius 2 is 2.00 bits per heavy atom. The van der Waals surface area contributed by atoms with Crippen molar-refractivity contribution in [2.24, 2.45) is 11.8 Å². The highest BCUT2D eigenvalue weighted by atomic mass is 19.3. The summed E-state index contributed by atoms with van der Waals surface area (Å²) in [6.07, 6.45) is 5.73. The number of hydrogen-bond donors (Lipinski definition) is 2. The lowest BCUT2D eigenvalue weighted by Gasteiger charge is -2.40. The van der Waals surface area contributed by atoms with Gasteiger partial charge in [0.15, 0.2) is 5.82 Å². The molecule has 3 aliphatic rings. The summed E-state index contributed by atoms with van der Waals surface area (Å²) >= 11 is 0. The van der Waals surface area contributed by atoms with Gasteiger partial charge < -0.3 is 24.5 Å². The lowest BCUT2D eigenvalue weighted by Crippen LogP contribution is -2.60. The van der Waals surface area contributed by atoms with E-state index < -0.39 is 48.6 Å². The van der Waals surface area contributed by atoms with E-state index in [1.807, 2.05) is 6.92 Å². The Kier molecular flexibility index (Phi) is 6.60. The van der Waals surface area contributed by atoms with Gasteiger partial charge in [0.25, 0.3) is 11.8 Å². The van der Waals surface area contributed by atoms with Crippen LogP contribution < -0.4 is 5.32 Å². The summed E-state index contributed by atoms with van der Waals surface area (Å²) < 4.78 is 53.1. The Morgan fingerprint density at radius 3 is 2.72 bits per heavy atom. The summed E-state index contributed by atoms with van der Waals surface area (Å²) in [5.41, 5.74) is 1.76. The standard InChI is InChI=1S/C27H30F3N5O4/c1-2-19-18(11-39-34-19)25(36)33-22(14-5-3-4-6-14)24-31-20-8-7-15(21(28)23(20)32-24)16-9-38-10-17(16)26(37)35-12-27(29,30)13-35/h7-8,11,14,16-17,22H,2-6,9-10,12-13H2,1H3,(H,31,32)(H,33,36)/t16-,17-,22+/m1/s1. The van der Waals surface area contributed by atoms with Crippen LogP contribution in [-0.2, 0) is 16.0 Å². The van der Waals surface area contributed by atoms with Crippen LogP contribution in [0, 0.1) is 17.7 Å². The van der Waals surface area contributed by atoms with Gasteiger partial charge in [-0.25, -0.2) is 18.2 Å². The number of H-pyrrole nitrogens is 1. The third kappa shape index (κ3) is 4.68. The molecule has 2 N–H and O–H groups in total. The zero-order chi connectivity index (χ0) is 27.3. The second kappa shape index (κ2) is 9.96. The normalized spacial score (nSPS) is 23.7. The first-order chi connectivity index (χ1) is 18.8. The van der Waals surface area contributed by atoms with Gasteiger partial charge in [0.05, 0.1) is 49.5 Å². The molecule has 2 saturated heterocycles. The van der Waals surface area contributed by atoms with E-state index >= 15 is 4.39 Å². The number of hydrogen-bond acceptors (Lipinski definition) is 6. The van der Waals surface area contributed by atoms with E-state index in [4.69, 9.17) is 9.26 Å². The molecule has 3 aromatic rings. The third-order valence-corrected chi connectivity index (χ3v) is 8.27. The number of benzene rings is 1. The molecular formula is C27H30F3N5O4. The van der Waals surface area contributed by atoms with Gasteiger partial charge in [-0.2, -0.15) is 0 Å². The Balaban J connectivity index is 1.29. The van der Waals surface area contributed by atoms with Crippen molar-refractivity contribution in [2.45, 2.75) is 56.9 Å². The van der Waals surface area contributed by atoms with Crippen molar-refractivity contribution in [3.05, 3.63) is 46.9 Å². The molecule has 208 valence electrons. The van der Waals surface area contributed by atoms with Crippen molar-refractivity contribution in [3.8, 4) is 0 Å². The number of likely N-dealkylation sites (tertiary alicyclic amines) is 1. The molecule has 1 saturated carbocycles. The molecule has 2 amide bonds. The molecule has 0 radical (unpaired) electrons. The number of carbonyl (C=O) groups excluding carboxylic acids is 2. The summed E-state index contributed by atoms with van der Waals surface area (Å²) in [5, 5.41) is 6.96. The minimum absolute atomic E-state index is 0.0489. The average Bonchev–Trinajstić information content (AvgIpc) is 3.71. The Morgan fingerprint density at radius 1 is 1.23 bits per heavy atom. The van der Waals surface area contributed by atoms with Crippen LogP contribution in [0.25, 0.3) is 11.0 Å². The van der Waals surface area contributed by atoms with E-state index in [0.29, 0.717) is 29.0 Å². The topological polar surface area (TPSA) is 113 Å². The molecule has 1 aromatic carbocycles. The smallest absolute Gasteiger partial charge is 0.282 e. The van der Waals surface area contributed by atoms with Gasteiger partial charge in [0.1, 0.15) is 23.2 Å². The summed E-state index contributed by atoms with van der Waals surface area (Å²) in [7, 11) is 0. The van der Waals surface area contributed by atoms with Gasteiger partial charge in [-0.1, -0.05) is 31.0 Å². The highest BCUT2D eigenvalue weighted by molar-refractivity contribution is 5.95. The number of imidazole rings is 1. The third-order valence-electron chi connectivity index (χ3n) is 8.27. The van der Waals surface area contributed by atoms with Gasteiger partial charge in [-0.15, -0.1) is 0 Å². The van der Waals surface area contributed by atoms with E-state index in [0.717, 1.165) is 30.6 Å². The van der Waals surface area contributed by atoms with Crippen LogP contribution in [0.4, 0.5) is 13.2 Å². The molecule has 3 fully saturated rings. The molecule has 2 aliphatic heterocycles. The maximum Gasteiger partial charge on any atom is 0.282 e. The number of halogens is 3. The maximum absolute atomic E-state index is 15.9. The Labute approximate surface area is 222 Å². The largest absolute Gasteiger partial charge is 0.380 e. The lowest BCUT2D eigenvalue weighted by molar-refractivity contribution is -0.169. The molecule has 12 heteroatoms. The summed E-state index contributed by atoms with van der Waals surface area (Å²) in [4.78, 5) is 34.9. The van der Waals surface area contributed by atoms with E-state index in [1.54, 1.807) is 12.1 Å². The highest BCUT2D eigenvalue weighted by Gasteiger charge is 2.50. The number of amides is 2. The fourth-order valence-electron chi connectivity index (χ4n) is 6.14. The zero-order valence-corrected chi connectivity index (χ0v) is 21.5. The van der Waals surface area contributed by atoms with Gasteiger partial charge in [-0.3, -0.25) is 9.59 Å². The van der Waals surface area contributed by atoms with Gasteiger partial charge in [0, 0.05) is 5.92 Å². The van der Waals surface area contributed by atoms with Gasteiger partial charge in [0.2, 0.25) is 5.91 Å². The fourth-order valence-corrected chi connectivity index (χ4v) is 6.14. The van der Waals surface area contributed by atoms with E-state index in [-0.39, 0.29) is 36.1 Å². The minimum Gasteiger partial charge on any atom is -0.380 e. The summed E-state index contributed by atoms with van der Waals surface area (Å²) in [6.45, 7) is 0.798. The summed E-state index contributed by atoms with van der Waals surface area (Å²) in [5.74, 6) is -5.01. The van der Waals surface area contributed by atoms with Crippen molar-refractivity contribution < 1.29 is 32.0 Å². The molecule has 6 rings (SSSR count). The maximum atomic E-state index is 15.9.